The number of amides is 1. The van der Waals surface area contributed by atoms with Crippen molar-refractivity contribution in [2.75, 3.05) is 11.1 Å². The lowest BCUT2D eigenvalue weighted by Crippen LogP contribution is -2.14. The molecule has 2 aromatic carbocycles. The summed E-state index contributed by atoms with van der Waals surface area (Å²) in [5, 5.41) is 12.5. The van der Waals surface area contributed by atoms with E-state index in [1.165, 1.54) is 11.8 Å². The predicted octanol–water partition coefficient (Wildman–Crippen LogP) is 4.63. The second-order valence-corrected chi connectivity index (χ2v) is 7.46. The summed E-state index contributed by atoms with van der Waals surface area (Å²) in [7, 11) is 1.85. The third-order valence-corrected chi connectivity index (χ3v) is 5.23. The molecule has 0 saturated heterocycles. The van der Waals surface area contributed by atoms with Crippen LogP contribution in [-0.4, -0.2) is 26.4 Å². The topological polar surface area (TPSA) is 59.8 Å². The number of rotatable bonds is 5. The average molecular weight is 438 g/mol. The first kappa shape index (κ1) is 18.0. The van der Waals surface area contributed by atoms with Crippen LogP contribution in [0.1, 0.15) is 0 Å². The van der Waals surface area contributed by atoms with E-state index in [2.05, 4.69) is 31.4 Å². The highest BCUT2D eigenvalue weighted by Gasteiger charge is 2.14. The van der Waals surface area contributed by atoms with Crippen LogP contribution in [0.2, 0.25) is 5.02 Å². The molecule has 0 bridgehead atoms. The van der Waals surface area contributed by atoms with Gasteiger partial charge in [0.25, 0.3) is 0 Å². The van der Waals surface area contributed by atoms with Gasteiger partial charge in [-0.15, -0.1) is 10.2 Å². The molecule has 0 aliphatic rings. The molecular formula is C17H14BrClN4OS. The normalized spacial score (nSPS) is 10.7. The molecule has 0 fully saturated rings. The molecule has 3 rings (SSSR count). The SMILES string of the molecule is Cn1c(SCC(=O)Nc2cccc(Br)c2)nnc1-c1ccccc1Cl. The van der Waals surface area contributed by atoms with Crippen molar-refractivity contribution in [1.29, 1.82) is 0 Å². The number of carbonyl (C=O) groups is 1. The van der Waals surface area contributed by atoms with Crippen LogP contribution in [0.4, 0.5) is 5.69 Å². The first-order valence-corrected chi connectivity index (χ1v) is 9.53. The molecule has 128 valence electrons. The van der Waals surface area contributed by atoms with E-state index < -0.39 is 0 Å². The number of halogens is 2. The number of benzene rings is 2. The van der Waals surface area contributed by atoms with E-state index in [-0.39, 0.29) is 11.7 Å². The van der Waals surface area contributed by atoms with Crippen LogP contribution in [-0.2, 0) is 11.8 Å². The molecule has 1 N–H and O–H groups in total. The van der Waals surface area contributed by atoms with Gasteiger partial charge in [0.15, 0.2) is 11.0 Å². The smallest absolute Gasteiger partial charge is 0.234 e. The molecule has 0 radical (unpaired) electrons. The van der Waals surface area contributed by atoms with Crippen molar-refractivity contribution in [2.24, 2.45) is 7.05 Å². The van der Waals surface area contributed by atoms with Gasteiger partial charge in [0, 0.05) is 22.8 Å². The number of nitrogens with zero attached hydrogens (tertiary/aromatic N) is 3. The van der Waals surface area contributed by atoms with E-state index in [9.17, 15) is 4.79 Å². The summed E-state index contributed by atoms with van der Waals surface area (Å²) in [5.41, 5.74) is 1.55. The van der Waals surface area contributed by atoms with Crippen molar-refractivity contribution in [3.05, 3.63) is 58.0 Å². The minimum atomic E-state index is -0.106. The summed E-state index contributed by atoms with van der Waals surface area (Å²) in [4.78, 5) is 12.1. The van der Waals surface area contributed by atoms with E-state index >= 15 is 0 Å². The second kappa shape index (κ2) is 8.03. The number of nitrogens with one attached hydrogen (secondary N) is 1. The molecule has 1 amide bonds. The van der Waals surface area contributed by atoms with Crippen LogP contribution in [0, 0.1) is 0 Å². The fourth-order valence-corrected chi connectivity index (χ4v) is 3.54. The van der Waals surface area contributed by atoms with Crippen molar-refractivity contribution >= 4 is 50.9 Å². The Hall–Kier alpha value is -1.83. The number of hydrogen-bond donors (Lipinski definition) is 1. The highest BCUT2D eigenvalue weighted by molar-refractivity contribution is 9.10. The summed E-state index contributed by atoms with van der Waals surface area (Å²) < 4.78 is 2.74. The average Bonchev–Trinajstić information content (AvgIpc) is 2.94. The van der Waals surface area contributed by atoms with Crippen molar-refractivity contribution in [3.63, 3.8) is 0 Å². The van der Waals surface area contributed by atoms with E-state index in [0.29, 0.717) is 16.0 Å². The summed E-state index contributed by atoms with van der Waals surface area (Å²) in [6.45, 7) is 0. The van der Waals surface area contributed by atoms with Crippen LogP contribution in [0.25, 0.3) is 11.4 Å². The first-order chi connectivity index (χ1) is 12.0. The van der Waals surface area contributed by atoms with Gasteiger partial charge >= 0.3 is 0 Å². The number of hydrogen-bond acceptors (Lipinski definition) is 4. The lowest BCUT2D eigenvalue weighted by Gasteiger charge is -2.06. The number of anilines is 1. The van der Waals surface area contributed by atoms with Gasteiger partial charge in [0.1, 0.15) is 0 Å². The molecule has 0 aliphatic carbocycles. The molecule has 0 atom stereocenters. The van der Waals surface area contributed by atoms with Crippen LogP contribution in [0.5, 0.6) is 0 Å². The highest BCUT2D eigenvalue weighted by atomic mass is 79.9. The Balaban J connectivity index is 1.66. The molecule has 3 aromatic rings. The molecule has 0 saturated carbocycles. The number of thioether (sulfide) groups is 1. The van der Waals surface area contributed by atoms with Crippen molar-refractivity contribution < 1.29 is 4.79 Å². The Morgan fingerprint density at radius 2 is 2.04 bits per heavy atom. The molecule has 8 heteroatoms. The maximum Gasteiger partial charge on any atom is 0.234 e. The summed E-state index contributed by atoms with van der Waals surface area (Å²) >= 11 is 10.9. The maximum atomic E-state index is 12.1. The molecule has 5 nitrogen and oxygen atoms in total. The van der Waals surface area contributed by atoms with E-state index in [4.69, 9.17) is 11.6 Å². The van der Waals surface area contributed by atoms with Crippen molar-refractivity contribution in [2.45, 2.75) is 5.16 Å². The zero-order valence-corrected chi connectivity index (χ0v) is 16.4. The Morgan fingerprint density at radius 3 is 2.80 bits per heavy atom. The van der Waals surface area contributed by atoms with Gasteiger partial charge in [-0.2, -0.15) is 0 Å². The van der Waals surface area contributed by atoms with Crippen LogP contribution in [0.15, 0.2) is 58.2 Å². The lowest BCUT2D eigenvalue weighted by atomic mass is 10.2. The summed E-state index contributed by atoms with van der Waals surface area (Å²) in [5.74, 6) is 0.798. The minimum Gasteiger partial charge on any atom is -0.325 e. The summed E-state index contributed by atoms with van der Waals surface area (Å²) in [6, 6.07) is 14.9. The fourth-order valence-electron chi connectivity index (χ4n) is 2.21. The van der Waals surface area contributed by atoms with Crippen LogP contribution < -0.4 is 5.32 Å². The molecule has 1 aromatic heterocycles. The first-order valence-electron chi connectivity index (χ1n) is 7.37. The Labute approximate surface area is 162 Å². The lowest BCUT2D eigenvalue weighted by molar-refractivity contribution is -0.113. The van der Waals surface area contributed by atoms with Crippen LogP contribution >= 0.6 is 39.3 Å². The van der Waals surface area contributed by atoms with Gasteiger partial charge in [-0.25, -0.2) is 0 Å². The van der Waals surface area contributed by atoms with Gasteiger partial charge in [0.2, 0.25) is 5.91 Å². The molecule has 0 aliphatic heterocycles. The van der Waals surface area contributed by atoms with Crippen molar-refractivity contribution in [1.82, 2.24) is 14.8 Å². The molecule has 25 heavy (non-hydrogen) atoms. The van der Waals surface area contributed by atoms with Crippen LogP contribution in [0.3, 0.4) is 0 Å². The highest BCUT2D eigenvalue weighted by Crippen LogP contribution is 2.28. The second-order valence-electron chi connectivity index (χ2n) is 5.19. The third-order valence-electron chi connectivity index (χ3n) is 3.39. The standard InChI is InChI=1S/C17H14BrClN4OS/c1-23-16(13-7-2-3-8-14(13)19)21-22-17(23)25-10-15(24)20-12-6-4-5-11(18)9-12/h2-9H,10H2,1H3,(H,20,24). The predicted molar refractivity (Wildman–Crippen MR) is 105 cm³/mol. The third kappa shape index (κ3) is 4.42. The molecule has 0 spiro atoms. The van der Waals surface area contributed by atoms with Gasteiger partial charge in [-0.3, -0.25) is 4.79 Å². The summed E-state index contributed by atoms with van der Waals surface area (Å²) in [6.07, 6.45) is 0. The largest absolute Gasteiger partial charge is 0.325 e. The quantitative estimate of drug-likeness (QED) is 0.591. The monoisotopic (exact) mass is 436 g/mol. The Kier molecular flexibility index (Phi) is 5.78. The van der Waals surface area contributed by atoms with E-state index in [0.717, 1.165) is 15.7 Å². The molecule has 1 heterocycles. The zero-order chi connectivity index (χ0) is 17.8. The Morgan fingerprint density at radius 1 is 1.24 bits per heavy atom. The van der Waals surface area contributed by atoms with E-state index in [1.807, 2.05) is 60.1 Å². The number of carbonyl (C=O) groups excluding carboxylic acids is 1. The minimum absolute atomic E-state index is 0.106. The van der Waals surface area contributed by atoms with Gasteiger partial charge < -0.3 is 9.88 Å². The maximum absolute atomic E-state index is 12.1. The van der Waals surface area contributed by atoms with Crippen molar-refractivity contribution in [3.8, 4) is 11.4 Å². The fraction of sp³-hybridized carbons (Fsp3) is 0.118. The Bertz CT molecular complexity index is 915. The van der Waals surface area contributed by atoms with E-state index in [1.54, 1.807) is 0 Å². The molecular weight excluding hydrogens is 424 g/mol. The van der Waals surface area contributed by atoms with Gasteiger partial charge in [0.05, 0.1) is 10.8 Å². The number of aromatic nitrogens is 3. The molecule has 0 unspecified atom stereocenters. The van der Waals surface area contributed by atoms with Gasteiger partial charge in [-0.05, 0) is 30.3 Å². The zero-order valence-electron chi connectivity index (χ0n) is 13.2. The van der Waals surface area contributed by atoms with Gasteiger partial charge in [-0.1, -0.05) is 57.5 Å².